The molecule has 32 heavy (non-hydrogen) atoms. The van der Waals surface area contributed by atoms with Crippen molar-refractivity contribution in [3.63, 3.8) is 0 Å². The average molecular weight is 499 g/mol. The molecule has 0 bridgehead atoms. The van der Waals surface area contributed by atoms with Crippen LogP contribution in [0.4, 0.5) is 18.9 Å². The molecule has 0 aliphatic carbocycles. The monoisotopic (exact) mass is 497 g/mol. The Labute approximate surface area is 195 Å². The average Bonchev–Trinajstić information content (AvgIpc) is 3.07. The van der Waals surface area contributed by atoms with Gasteiger partial charge in [0.05, 0.1) is 33.2 Å². The lowest BCUT2D eigenvalue weighted by Crippen LogP contribution is -2.14. The molecule has 0 aliphatic rings. The molecule has 0 spiro atoms. The Balaban J connectivity index is 1.68. The predicted octanol–water partition coefficient (Wildman–Crippen LogP) is 7.19. The van der Waals surface area contributed by atoms with Gasteiger partial charge in [0.25, 0.3) is 0 Å². The van der Waals surface area contributed by atoms with Gasteiger partial charge in [0.1, 0.15) is 0 Å². The first-order valence-electron chi connectivity index (χ1n) is 9.20. The minimum atomic E-state index is -4.56. The highest BCUT2D eigenvalue weighted by Crippen LogP contribution is 2.34. The molecule has 4 nitrogen and oxygen atoms in total. The number of amides is 1. The number of benzene rings is 2. The standard InChI is InChI=1S/C22H13Cl3F3N3O/c23-14-5-6-18(16(24)9-14)30-20(32)7-12-11-31(19-4-2-1-3-15(12)19)21-17(25)8-13(10-29-21)22(26,27)28/h1-6,8-11H,7H2,(H,30,32). The quantitative estimate of drug-likeness (QED) is 0.324. The van der Waals surface area contributed by atoms with Crippen LogP contribution in [-0.4, -0.2) is 15.5 Å². The van der Waals surface area contributed by atoms with E-state index >= 15 is 0 Å². The predicted molar refractivity (Wildman–Crippen MR) is 120 cm³/mol. The summed E-state index contributed by atoms with van der Waals surface area (Å²) in [7, 11) is 0. The summed E-state index contributed by atoms with van der Waals surface area (Å²) in [5.41, 5.74) is 0.759. The van der Waals surface area contributed by atoms with Gasteiger partial charge in [-0.15, -0.1) is 0 Å². The minimum absolute atomic E-state index is 0.00920. The molecule has 2 aromatic carbocycles. The Morgan fingerprint density at radius 3 is 2.47 bits per heavy atom. The Bertz CT molecular complexity index is 1340. The number of hydrogen-bond donors (Lipinski definition) is 1. The van der Waals surface area contributed by atoms with E-state index in [1.54, 1.807) is 41.1 Å². The molecular formula is C22H13Cl3F3N3O. The van der Waals surface area contributed by atoms with Gasteiger partial charge in [0, 0.05) is 22.8 Å². The number of anilines is 1. The van der Waals surface area contributed by atoms with Crippen LogP contribution in [0.25, 0.3) is 16.7 Å². The van der Waals surface area contributed by atoms with E-state index in [9.17, 15) is 18.0 Å². The molecule has 10 heteroatoms. The largest absolute Gasteiger partial charge is 0.417 e. The summed E-state index contributed by atoms with van der Waals surface area (Å²) >= 11 is 18.1. The van der Waals surface area contributed by atoms with E-state index in [0.29, 0.717) is 26.8 Å². The number of fused-ring (bicyclic) bond motifs is 1. The number of para-hydroxylation sites is 1. The van der Waals surface area contributed by atoms with E-state index < -0.39 is 11.7 Å². The molecule has 164 valence electrons. The van der Waals surface area contributed by atoms with Gasteiger partial charge in [-0.25, -0.2) is 4.98 Å². The number of aromatic nitrogens is 2. The Hall–Kier alpha value is -2.74. The van der Waals surface area contributed by atoms with E-state index in [4.69, 9.17) is 34.8 Å². The summed E-state index contributed by atoms with van der Waals surface area (Å²) in [5, 5.41) is 4.05. The molecule has 0 radical (unpaired) electrons. The fraction of sp³-hybridized carbons (Fsp3) is 0.0909. The number of hydrogen-bond acceptors (Lipinski definition) is 2. The molecule has 0 unspecified atom stereocenters. The Morgan fingerprint density at radius 2 is 1.78 bits per heavy atom. The molecule has 1 amide bonds. The first kappa shape index (κ1) is 22.5. The van der Waals surface area contributed by atoms with Crippen LogP contribution < -0.4 is 5.32 Å². The summed E-state index contributed by atoms with van der Waals surface area (Å²) in [6.07, 6.45) is -2.20. The number of halogens is 6. The lowest BCUT2D eigenvalue weighted by molar-refractivity contribution is -0.137. The Kier molecular flexibility index (Phi) is 6.07. The van der Waals surface area contributed by atoms with E-state index in [0.717, 1.165) is 17.6 Å². The number of alkyl halides is 3. The molecule has 0 aliphatic heterocycles. The maximum Gasteiger partial charge on any atom is 0.417 e. The second-order valence-corrected chi connectivity index (χ2v) is 8.17. The summed E-state index contributed by atoms with van der Waals surface area (Å²) in [4.78, 5) is 16.6. The van der Waals surface area contributed by atoms with Crippen LogP contribution in [-0.2, 0) is 17.4 Å². The molecule has 0 saturated carbocycles. The van der Waals surface area contributed by atoms with Crippen LogP contribution in [0.3, 0.4) is 0 Å². The summed E-state index contributed by atoms with van der Waals surface area (Å²) in [5.74, 6) is -0.202. The van der Waals surface area contributed by atoms with Crippen molar-refractivity contribution in [1.82, 2.24) is 9.55 Å². The van der Waals surface area contributed by atoms with Crippen molar-refractivity contribution in [2.45, 2.75) is 12.6 Å². The number of nitrogens with one attached hydrogen (secondary N) is 1. The third-order valence-corrected chi connectivity index (χ3v) is 5.55. The van der Waals surface area contributed by atoms with Gasteiger partial charge < -0.3 is 5.32 Å². The van der Waals surface area contributed by atoms with Gasteiger partial charge in [0.2, 0.25) is 5.91 Å². The first-order chi connectivity index (χ1) is 15.1. The van der Waals surface area contributed by atoms with E-state index in [1.807, 2.05) is 6.07 Å². The van der Waals surface area contributed by atoms with E-state index in [1.165, 1.54) is 6.07 Å². The Morgan fingerprint density at radius 1 is 1.03 bits per heavy atom. The van der Waals surface area contributed by atoms with Crippen LogP contribution in [0.2, 0.25) is 15.1 Å². The zero-order valence-corrected chi connectivity index (χ0v) is 18.3. The summed E-state index contributed by atoms with van der Waals surface area (Å²) in [6.45, 7) is 0. The van der Waals surface area contributed by atoms with Crippen molar-refractivity contribution in [2.24, 2.45) is 0 Å². The maximum absolute atomic E-state index is 13.0. The fourth-order valence-corrected chi connectivity index (χ4v) is 4.00. The van der Waals surface area contributed by atoms with Crippen LogP contribution in [0, 0.1) is 0 Å². The summed E-state index contributed by atoms with van der Waals surface area (Å²) < 4.78 is 40.5. The number of carbonyl (C=O) groups excluding carboxylic acids is 1. The van der Waals surface area contributed by atoms with Crippen molar-refractivity contribution in [3.05, 3.63) is 87.1 Å². The summed E-state index contributed by atoms with van der Waals surface area (Å²) in [6, 6.07) is 12.7. The van der Waals surface area contributed by atoms with E-state index in [-0.39, 0.29) is 23.2 Å². The van der Waals surface area contributed by atoms with Crippen LogP contribution in [0.1, 0.15) is 11.1 Å². The number of rotatable bonds is 4. The highest BCUT2D eigenvalue weighted by Gasteiger charge is 2.32. The van der Waals surface area contributed by atoms with Gasteiger partial charge in [-0.05, 0) is 35.9 Å². The molecule has 4 aromatic rings. The lowest BCUT2D eigenvalue weighted by Gasteiger charge is -2.10. The van der Waals surface area contributed by atoms with Gasteiger partial charge >= 0.3 is 6.18 Å². The van der Waals surface area contributed by atoms with Crippen molar-refractivity contribution >= 4 is 57.3 Å². The van der Waals surface area contributed by atoms with Crippen molar-refractivity contribution in [2.75, 3.05) is 5.32 Å². The fourth-order valence-electron chi connectivity index (χ4n) is 3.29. The maximum atomic E-state index is 13.0. The second kappa shape index (κ2) is 8.65. The smallest absolute Gasteiger partial charge is 0.324 e. The van der Waals surface area contributed by atoms with Gasteiger partial charge in [-0.2, -0.15) is 13.2 Å². The molecular weight excluding hydrogens is 486 g/mol. The van der Waals surface area contributed by atoms with Gasteiger partial charge in [-0.1, -0.05) is 53.0 Å². The third-order valence-electron chi connectivity index (χ3n) is 4.73. The topological polar surface area (TPSA) is 46.9 Å². The zero-order chi connectivity index (χ0) is 23.0. The molecule has 0 saturated heterocycles. The van der Waals surface area contributed by atoms with Crippen LogP contribution >= 0.6 is 34.8 Å². The lowest BCUT2D eigenvalue weighted by atomic mass is 10.1. The SMILES string of the molecule is O=C(Cc1cn(-c2ncc(C(F)(F)F)cc2Cl)c2ccccc12)Nc1ccc(Cl)cc1Cl. The van der Waals surface area contributed by atoms with Crippen LogP contribution in [0.5, 0.6) is 0 Å². The highest BCUT2D eigenvalue weighted by atomic mass is 35.5. The minimum Gasteiger partial charge on any atom is -0.324 e. The van der Waals surface area contributed by atoms with Crippen molar-refractivity contribution < 1.29 is 18.0 Å². The van der Waals surface area contributed by atoms with Gasteiger partial charge in [-0.3, -0.25) is 9.36 Å². The molecule has 0 fully saturated rings. The first-order valence-corrected chi connectivity index (χ1v) is 10.3. The van der Waals surface area contributed by atoms with Crippen molar-refractivity contribution in [1.29, 1.82) is 0 Å². The normalized spacial score (nSPS) is 11.7. The molecule has 4 rings (SSSR count). The number of nitrogens with zero attached hydrogens (tertiary/aromatic N) is 2. The molecule has 2 aromatic heterocycles. The zero-order valence-electron chi connectivity index (χ0n) is 16.1. The molecule has 0 atom stereocenters. The van der Waals surface area contributed by atoms with Crippen LogP contribution in [0.15, 0.2) is 60.9 Å². The van der Waals surface area contributed by atoms with E-state index in [2.05, 4.69) is 10.3 Å². The third kappa shape index (κ3) is 4.55. The van der Waals surface area contributed by atoms with Gasteiger partial charge in [0.15, 0.2) is 5.82 Å². The van der Waals surface area contributed by atoms with Crippen molar-refractivity contribution in [3.8, 4) is 5.82 Å². The highest BCUT2D eigenvalue weighted by molar-refractivity contribution is 6.36. The number of carbonyl (C=O) groups is 1. The number of pyridine rings is 1. The molecule has 2 heterocycles. The molecule has 1 N–H and O–H groups in total. The second-order valence-electron chi connectivity index (χ2n) is 6.92.